The van der Waals surface area contributed by atoms with Gasteiger partial charge in [-0.2, -0.15) is 8.42 Å². The second-order valence-corrected chi connectivity index (χ2v) is 7.72. The molecule has 10 heteroatoms. The third-order valence-corrected chi connectivity index (χ3v) is 5.03. The Morgan fingerprint density at radius 2 is 1.67 bits per heavy atom. The molecule has 0 aromatic heterocycles. The maximum atomic E-state index is 11.9. The van der Waals surface area contributed by atoms with Gasteiger partial charge in [0.2, 0.25) is 0 Å². The van der Waals surface area contributed by atoms with Crippen molar-refractivity contribution in [1.29, 1.82) is 0 Å². The predicted octanol–water partition coefficient (Wildman–Crippen LogP) is 2.00. The summed E-state index contributed by atoms with van der Waals surface area (Å²) in [6.45, 7) is 0.674. The Morgan fingerprint density at radius 3 is 2.37 bits per heavy atom. The summed E-state index contributed by atoms with van der Waals surface area (Å²) in [5, 5.41) is 3.96. The third-order valence-electron chi connectivity index (χ3n) is 4.20. The van der Waals surface area contributed by atoms with Crippen molar-refractivity contribution in [1.82, 2.24) is 4.90 Å². The van der Waals surface area contributed by atoms with Gasteiger partial charge in [-0.25, -0.2) is 4.99 Å². The number of aliphatic imine (C=N–C) groups is 1. The van der Waals surface area contributed by atoms with Crippen LogP contribution in [0.2, 0.25) is 0 Å². The molecule has 2 N–H and O–H groups in total. The van der Waals surface area contributed by atoms with E-state index in [1.54, 1.807) is 11.1 Å². The average Bonchev–Trinajstić information content (AvgIpc) is 2.73. The normalized spacial score (nSPS) is 17.5. The molecule has 4 rings (SSSR count). The zero-order valence-corrected chi connectivity index (χ0v) is 16.6. The Bertz CT molecular complexity index is 1190. The van der Waals surface area contributed by atoms with Crippen LogP contribution >= 0.6 is 0 Å². The number of oxime groups is 1. The molecule has 0 saturated carbocycles. The Labute approximate surface area is 173 Å². The summed E-state index contributed by atoms with van der Waals surface area (Å²) in [6.07, 6.45) is 3.07. The Kier molecular flexibility index (Phi) is 5.40. The van der Waals surface area contributed by atoms with Crippen molar-refractivity contribution in [3.63, 3.8) is 0 Å². The van der Waals surface area contributed by atoms with Crippen LogP contribution in [0.15, 0.2) is 91.5 Å². The highest BCUT2D eigenvalue weighted by Crippen LogP contribution is 2.18. The summed E-state index contributed by atoms with van der Waals surface area (Å²) >= 11 is 0. The standard InChI is InChI=1S/C20H18N6O3S/c21-19-18-20(25-30(27,28)24-19)26(12-15-7-3-1-4-8-15)13-17(23-18)11-22-29-14-16-9-5-2-6-10-16/h1-11,13H,12,14H2,(H2,21,24)/b22-11-. The van der Waals surface area contributed by atoms with Gasteiger partial charge in [0, 0.05) is 12.7 Å². The minimum absolute atomic E-state index is 0.119. The highest BCUT2D eigenvalue weighted by molar-refractivity contribution is 7.89. The van der Waals surface area contributed by atoms with Gasteiger partial charge >= 0.3 is 10.2 Å². The van der Waals surface area contributed by atoms with Gasteiger partial charge in [-0.3, -0.25) is 0 Å². The van der Waals surface area contributed by atoms with Crippen molar-refractivity contribution in [2.75, 3.05) is 0 Å². The number of fused-ring (bicyclic) bond motifs is 1. The fourth-order valence-corrected chi connectivity index (χ4v) is 3.66. The Hall–Kier alpha value is -3.79. The molecule has 2 aromatic carbocycles. The molecule has 9 nitrogen and oxygen atoms in total. The van der Waals surface area contributed by atoms with Crippen LogP contribution in [0.25, 0.3) is 0 Å². The van der Waals surface area contributed by atoms with E-state index >= 15 is 0 Å². The fourth-order valence-electron chi connectivity index (χ4n) is 2.87. The smallest absolute Gasteiger partial charge is 0.367 e. The van der Waals surface area contributed by atoms with Crippen molar-refractivity contribution in [2.24, 2.45) is 24.7 Å². The lowest BCUT2D eigenvalue weighted by Gasteiger charge is -2.27. The number of allylic oxidation sites excluding steroid dienone is 1. The first-order chi connectivity index (χ1) is 14.5. The minimum Gasteiger partial charge on any atom is -0.391 e. The zero-order chi connectivity index (χ0) is 21.0. The van der Waals surface area contributed by atoms with E-state index in [2.05, 4.69) is 18.9 Å². The second kappa shape index (κ2) is 8.29. The van der Waals surface area contributed by atoms with Crippen LogP contribution in [0, 0.1) is 0 Å². The van der Waals surface area contributed by atoms with Crippen LogP contribution in [0.5, 0.6) is 0 Å². The first-order valence-electron chi connectivity index (χ1n) is 9.01. The molecule has 2 aliphatic heterocycles. The van der Waals surface area contributed by atoms with E-state index < -0.39 is 10.2 Å². The molecule has 0 fully saturated rings. The van der Waals surface area contributed by atoms with Gasteiger partial charge in [0.25, 0.3) is 0 Å². The fraction of sp³-hybridized carbons (Fsp3) is 0.100. The van der Waals surface area contributed by atoms with Crippen LogP contribution in [-0.2, 0) is 28.2 Å². The predicted molar refractivity (Wildman–Crippen MR) is 115 cm³/mol. The van der Waals surface area contributed by atoms with E-state index in [0.29, 0.717) is 18.8 Å². The molecule has 0 spiro atoms. The van der Waals surface area contributed by atoms with Gasteiger partial charge in [-0.1, -0.05) is 65.8 Å². The van der Waals surface area contributed by atoms with Gasteiger partial charge in [0.15, 0.2) is 17.4 Å². The molecule has 2 aliphatic rings. The molecule has 2 aromatic rings. The third kappa shape index (κ3) is 4.61. The molecule has 0 atom stereocenters. The lowest BCUT2D eigenvalue weighted by molar-refractivity contribution is 0.132. The minimum atomic E-state index is -4.06. The zero-order valence-electron chi connectivity index (χ0n) is 15.8. The molecule has 0 radical (unpaired) electrons. The number of rotatable bonds is 6. The topological polar surface area (TPSA) is 122 Å². The number of amidine groups is 2. The molecule has 152 valence electrons. The van der Waals surface area contributed by atoms with E-state index in [1.165, 1.54) is 6.21 Å². The van der Waals surface area contributed by atoms with Crippen LogP contribution < -0.4 is 5.73 Å². The van der Waals surface area contributed by atoms with Crippen molar-refractivity contribution >= 4 is 33.8 Å². The molecule has 0 amide bonds. The number of nitrogens with two attached hydrogens (primary N) is 1. The maximum Gasteiger partial charge on any atom is 0.367 e. The maximum absolute atomic E-state index is 11.9. The highest BCUT2D eigenvalue weighted by Gasteiger charge is 2.31. The van der Waals surface area contributed by atoms with Crippen molar-refractivity contribution in [3.05, 3.63) is 83.7 Å². The molecule has 0 aliphatic carbocycles. The summed E-state index contributed by atoms with van der Waals surface area (Å²) < 4.78 is 31.0. The summed E-state index contributed by atoms with van der Waals surface area (Å²) in [5.41, 5.74) is 8.37. The van der Waals surface area contributed by atoms with Crippen LogP contribution in [0.1, 0.15) is 11.1 Å². The van der Waals surface area contributed by atoms with Crippen molar-refractivity contribution < 1.29 is 13.3 Å². The van der Waals surface area contributed by atoms with E-state index in [9.17, 15) is 8.42 Å². The monoisotopic (exact) mass is 422 g/mol. The molecular formula is C20H18N6O3S. The Balaban J connectivity index is 1.58. The van der Waals surface area contributed by atoms with Crippen LogP contribution in [0.4, 0.5) is 0 Å². The lowest BCUT2D eigenvalue weighted by atomic mass is 10.1. The highest BCUT2D eigenvalue weighted by atomic mass is 32.2. The number of nitrogens with zero attached hydrogens (tertiary/aromatic N) is 5. The van der Waals surface area contributed by atoms with Crippen molar-refractivity contribution in [2.45, 2.75) is 13.2 Å². The van der Waals surface area contributed by atoms with Gasteiger partial charge in [-0.05, 0) is 11.1 Å². The number of benzene rings is 2. The molecule has 30 heavy (non-hydrogen) atoms. The first-order valence-corrected chi connectivity index (χ1v) is 10.4. The Morgan fingerprint density at radius 1 is 1.00 bits per heavy atom. The van der Waals surface area contributed by atoms with E-state index in [4.69, 9.17) is 10.6 Å². The number of hydrogen-bond acceptors (Lipinski definition) is 7. The molecular weight excluding hydrogens is 404 g/mol. The van der Waals surface area contributed by atoms with Crippen LogP contribution in [0.3, 0.4) is 0 Å². The SMILES string of the molecule is NC1=NS(=O)(=O)N=C2C1=NC(/C=N\OCc1ccccc1)=CN2Cc1ccccc1. The van der Waals surface area contributed by atoms with E-state index in [1.807, 2.05) is 60.7 Å². The summed E-state index contributed by atoms with van der Waals surface area (Å²) in [4.78, 5) is 11.3. The van der Waals surface area contributed by atoms with Gasteiger partial charge in [-0.15, -0.1) is 8.80 Å². The van der Waals surface area contributed by atoms with Gasteiger partial charge < -0.3 is 15.5 Å². The average molecular weight is 422 g/mol. The second-order valence-electron chi connectivity index (χ2n) is 6.46. The summed E-state index contributed by atoms with van der Waals surface area (Å²) in [6, 6.07) is 19.2. The van der Waals surface area contributed by atoms with Gasteiger partial charge in [0.05, 0.1) is 6.21 Å². The van der Waals surface area contributed by atoms with Gasteiger partial charge in [0.1, 0.15) is 12.3 Å². The summed E-state index contributed by atoms with van der Waals surface area (Å²) in [7, 11) is -4.06. The quantitative estimate of drug-likeness (QED) is 0.564. The van der Waals surface area contributed by atoms with Crippen molar-refractivity contribution in [3.8, 4) is 0 Å². The largest absolute Gasteiger partial charge is 0.391 e. The molecule has 0 bridgehead atoms. The lowest BCUT2D eigenvalue weighted by Crippen LogP contribution is -2.45. The number of hydrogen-bond donors (Lipinski definition) is 1. The van der Waals surface area contributed by atoms with Crippen LogP contribution in [-0.4, -0.2) is 36.9 Å². The van der Waals surface area contributed by atoms with E-state index in [-0.39, 0.29) is 17.4 Å². The first kappa shape index (κ1) is 19.5. The molecule has 0 saturated heterocycles. The summed E-state index contributed by atoms with van der Waals surface area (Å²) in [5.74, 6) is -0.101. The van der Waals surface area contributed by atoms with E-state index in [0.717, 1.165) is 11.1 Å². The molecule has 2 heterocycles. The molecule has 0 unspecified atom stereocenters.